The van der Waals surface area contributed by atoms with Crippen LogP contribution in [0.3, 0.4) is 0 Å². The molecule has 0 fully saturated rings. The SMILES string of the molecule is C=C(N)/C(Cl)=C(/C)C(C)C. The lowest BCUT2D eigenvalue weighted by Crippen LogP contribution is -2.00. The third-order valence-corrected chi connectivity index (χ3v) is 2.03. The Bertz CT molecular complexity index is 168. The molecule has 2 N–H and O–H groups in total. The first kappa shape index (κ1) is 9.57. The normalized spacial score (nSPS) is 13.3. The molecule has 0 amide bonds. The van der Waals surface area contributed by atoms with Crippen LogP contribution < -0.4 is 5.73 Å². The topological polar surface area (TPSA) is 26.0 Å². The highest BCUT2D eigenvalue weighted by Gasteiger charge is 2.03. The lowest BCUT2D eigenvalue weighted by molar-refractivity contribution is 0.765. The Morgan fingerprint density at radius 1 is 1.50 bits per heavy atom. The molecule has 0 radical (unpaired) electrons. The first-order valence-electron chi connectivity index (χ1n) is 3.27. The van der Waals surface area contributed by atoms with Crippen molar-refractivity contribution in [3.8, 4) is 0 Å². The quantitative estimate of drug-likeness (QED) is 0.616. The standard InChI is InChI=1S/C8H14ClN/c1-5(2)6(3)8(9)7(4)10/h5H,4,10H2,1-3H3/b8-6+. The average Bonchev–Trinajstić information content (AvgIpc) is 1.84. The van der Waals surface area contributed by atoms with E-state index in [0.717, 1.165) is 5.57 Å². The van der Waals surface area contributed by atoms with Gasteiger partial charge in [0.1, 0.15) is 0 Å². The zero-order valence-electron chi connectivity index (χ0n) is 6.74. The molecule has 0 atom stereocenters. The van der Waals surface area contributed by atoms with Crippen LogP contribution in [0, 0.1) is 5.92 Å². The summed E-state index contributed by atoms with van der Waals surface area (Å²) in [4.78, 5) is 0. The molecular formula is C8H14ClN. The van der Waals surface area contributed by atoms with Gasteiger partial charge in [0.2, 0.25) is 0 Å². The van der Waals surface area contributed by atoms with E-state index in [1.165, 1.54) is 0 Å². The maximum absolute atomic E-state index is 5.82. The van der Waals surface area contributed by atoms with Gasteiger partial charge in [0, 0.05) is 5.70 Å². The van der Waals surface area contributed by atoms with Crippen molar-refractivity contribution in [1.82, 2.24) is 0 Å². The summed E-state index contributed by atoms with van der Waals surface area (Å²) < 4.78 is 0. The summed E-state index contributed by atoms with van der Waals surface area (Å²) in [5.74, 6) is 0.438. The molecule has 2 heteroatoms. The Hall–Kier alpha value is -0.430. The van der Waals surface area contributed by atoms with Crippen molar-refractivity contribution < 1.29 is 0 Å². The van der Waals surface area contributed by atoms with Gasteiger partial charge in [0.25, 0.3) is 0 Å². The third kappa shape index (κ3) is 2.44. The smallest absolute Gasteiger partial charge is 0.0621 e. The summed E-state index contributed by atoms with van der Waals surface area (Å²) >= 11 is 5.82. The van der Waals surface area contributed by atoms with Crippen LogP contribution >= 0.6 is 11.6 Å². The number of halogens is 1. The van der Waals surface area contributed by atoms with Crippen molar-refractivity contribution in [3.63, 3.8) is 0 Å². The van der Waals surface area contributed by atoms with E-state index >= 15 is 0 Å². The van der Waals surface area contributed by atoms with Crippen LogP contribution in [0.4, 0.5) is 0 Å². The summed E-state index contributed by atoms with van der Waals surface area (Å²) in [5.41, 5.74) is 6.93. The summed E-state index contributed by atoms with van der Waals surface area (Å²) in [6.45, 7) is 9.65. The highest BCUT2D eigenvalue weighted by atomic mass is 35.5. The molecule has 0 aromatic carbocycles. The van der Waals surface area contributed by atoms with Gasteiger partial charge >= 0.3 is 0 Å². The van der Waals surface area contributed by atoms with E-state index < -0.39 is 0 Å². The first-order chi connectivity index (χ1) is 4.46. The fourth-order valence-electron chi connectivity index (χ4n) is 0.507. The molecule has 0 spiro atoms. The van der Waals surface area contributed by atoms with Crippen molar-refractivity contribution in [3.05, 3.63) is 22.9 Å². The summed E-state index contributed by atoms with van der Waals surface area (Å²) in [5, 5.41) is 0.606. The van der Waals surface area contributed by atoms with Crippen molar-refractivity contribution in [2.75, 3.05) is 0 Å². The molecule has 0 rings (SSSR count). The van der Waals surface area contributed by atoms with E-state index in [-0.39, 0.29) is 0 Å². The Labute approximate surface area is 67.6 Å². The van der Waals surface area contributed by atoms with Crippen LogP contribution in [-0.4, -0.2) is 0 Å². The van der Waals surface area contributed by atoms with Crippen LogP contribution in [-0.2, 0) is 0 Å². The van der Waals surface area contributed by atoms with E-state index in [1.807, 2.05) is 6.92 Å². The van der Waals surface area contributed by atoms with Crippen molar-refractivity contribution in [2.45, 2.75) is 20.8 Å². The van der Waals surface area contributed by atoms with Gasteiger partial charge in [0.05, 0.1) is 5.03 Å². The van der Waals surface area contributed by atoms with Crippen LogP contribution in [0.15, 0.2) is 22.9 Å². The number of rotatable bonds is 2. The Balaban J connectivity index is 4.50. The Kier molecular flexibility index (Phi) is 3.51. The van der Waals surface area contributed by atoms with Gasteiger partial charge in [0.15, 0.2) is 0 Å². The largest absolute Gasteiger partial charge is 0.398 e. The van der Waals surface area contributed by atoms with Gasteiger partial charge in [-0.25, -0.2) is 0 Å². The van der Waals surface area contributed by atoms with Gasteiger partial charge in [-0.1, -0.05) is 37.6 Å². The molecule has 0 aliphatic heterocycles. The number of hydrogen-bond donors (Lipinski definition) is 1. The third-order valence-electron chi connectivity index (χ3n) is 1.49. The minimum atomic E-state index is 0.438. The average molecular weight is 160 g/mol. The van der Waals surface area contributed by atoms with Crippen LogP contribution in [0.1, 0.15) is 20.8 Å². The summed E-state index contributed by atoms with van der Waals surface area (Å²) in [7, 11) is 0. The fraction of sp³-hybridized carbons (Fsp3) is 0.500. The molecule has 1 nitrogen and oxygen atoms in total. The second-order valence-electron chi connectivity index (χ2n) is 2.68. The molecule has 0 aromatic rings. The highest BCUT2D eigenvalue weighted by molar-refractivity contribution is 6.32. The van der Waals surface area contributed by atoms with E-state index in [9.17, 15) is 0 Å². The Morgan fingerprint density at radius 3 is 2.00 bits per heavy atom. The van der Waals surface area contributed by atoms with Crippen LogP contribution in [0.2, 0.25) is 0 Å². The molecular weight excluding hydrogens is 146 g/mol. The van der Waals surface area contributed by atoms with Gasteiger partial charge < -0.3 is 5.73 Å². The number of nitrogens with two attached hydrogens (primary N) is 1. The van der Waals surface area contributed by atoms with E-state index in [1.54, 1.807) is 0 Å². The molecule has 0 saturated heterocycles. The molecule has 0 aliphatic rings. The van der Waals surface area contributed by atoms with E-state index in [4.69, 9.17) is 17.3 Å². The van der Waals surface area contributed by atoms with Crippen LogP contribution in [0.5, 0.6) is 0 Å². The van der Waals surface area contributed by atoms with Crippen LogP contribution in [0.25, 0.3) is 0 Å². The first-order valence-corrected chi connectivity index (χ1v) is 3.65. The fourth-order valence-corrected chi connectivity index (χ4v) is 0.725. The number of allylic oxidation sites excluding steroid dienone is 2. The van der Waals surface area contributed by atoms with Crippen molar-refractivity contribution in [1.29, 1.82) is 0 Å². The van der Waals surface area contributed by atoms with Gasteiger partial charge in [-0.15, -0.1) is 0 Å². The zero-order valence-corrected chi connectivity index (χ0v) is 7.50. The summed E-state index contributed by atoms with van der Waals surface area (Å²) in [6.07, 6.45) is 0. The Morgan fingerprint density at radius 2 is 1.90 bits per heavy atom. The molecule has 10 heavy (non-hydrogen) atoms. The van der Waals surface area contributed by atoms with E-state index in [0.29, 0.717) is 16.6 Å². The van der Waals surface area contributed by atoms with Gasteiger partial charge in [-0.3, -0.25) is 0 Å². The second-order valence-corrected chi connectivity index (χ2v) is 3.05. The second kappa shape index (κ2) is 3.67. The molecule has 0 aromatic heterocycles. The van der Waals surface area contributed by atoms with Crippen molar-refractivity contribution >= 4 is 11.6 Å². The monoisotopic (exact) mass is 159 g/mol. The van der Waals surface area contributed by atoms with E-state index in [2.05, 4.69) is 20.4 Å². The predicted molar refractivity (Wildman–Crippen MR) is 46.7 cm³/mol. The maximum Gasteiger partial charge on any atom is 0.0621 e. The molecule has 0 unspecified atom stereocenters. The lowest BCUT2D eigenvalue weighted by atomic mass is 10.0. The summed E-state index contributed by atoms with van der Waals surface area (Å²) in [6, 6.07) is 0. The minimum absolute atomic E-state index is 0.438. The lowest BCUT2D eigenvalue weighted by Gasteiger charge is -2.07. The zero-order chi connectivity index (χ0) is 8.31. The predicted octanol–water partition coefficient (Wildman–Crippen LogP) is 2.63. The molecule has 0 saturated carbocycles. The molecule has 0 bridgehead atoms. The van der Waals surface area contributed by atoms with Gasteiger partial charge in [-0.05, 0) is 12.8 Å². The minimum Gasteiger partial charge on any atom is -0.398 e. The molecule has 0 aliphatic carbocycles. The highest BCUT2D eigenvalue weighted by Crippen LogP contribution is 2.20. The van der Waals surface area contributed by atoms with Gasteiger partial charge in [-0.2, -0.15) is 0 Å². The molecule has 0 heterocycles. The number of hydrogen-bond acceptors (Lipinski definition) is 1. The molecule has 58 valence electrons. The van der Waals surface area contributed by atoms with Crippen molar-refractivity contribution in [2.24, 2.45) is 11.7 Å². The maximum atomic E-state index is 5.82.